The second-order valence-electron chi connectivity index (χ2n) is 2.40. The molecule has 66 valence electrons. The average molecular weight is 176 g/mol. The van der Waals surface area contributed by atoms with Crippen LogP contribution in [0, 0.1) is 18.3 Å². The van der Waals surface area contributed by atoms with Gasteiger partial charge in [-0.3, -0.25) is 4.79 Å². The number of carbonyl (C=O) groups is 1. The zero-order valence-corrected chi connectivity index (χ0v) is 7.11. The van der Waals surface area contributed by atoms with Crippen molar-refractivity contribution >= 4 is 11.6 Å². The lowest BCUT2D eigenvalue weighted by Crippen LogP contribution is -2.11. The minimum absolute atomic E-state index is 0.158. The highest BCUT2D eigenvalue weighted by molar-refractivity contribution is 5.92. The molecule has 0 spiro atoms. The monoisotopic (exact) mass is 176 g/mol. The molecule has 13 heavy (non-hydrogen) atoms. The average Bonchev–Trinajstić information content (AvgIpc) is 2.09. The van der Waals surface area contributed by atoms with Crippen LogP contribution < -0.4 is 5.32 Å². The van der Waals surface area contributed by atoms with Crippen LogP contribution in [0.1, 0.15) is 12.1 Å². The Kier molecular flexibility index (Phi) is 2.92. The maximum absolute atomic E-state index is 11.0. The summed E-state index contributed by atoms with van der Waals surface area (Å²) >= 11 is 0. The van der Waals surface area contributed by atoms with Crippen LogP contribution in [0.15, 0.2) is 12.5 Å². The Hall–Kier alpha value is -1.96. The van der Waals surface area contributed by atoms with E-state index in [-0.39, 0.29) is 12.3 Å². The first-order valence-corrected chi connectivity index (χ1v) is 3.67. The van der Waals surface area contributed by atoms with E-state index in [1.165, 1.54) is 12.5 Å². The van der Waals surface area contributed by atoms with Crippen molar-refractivity contribution in [2.45, 2.75) is 13.3 Å². The van der Waals surface area contributed by atoms with E-state index < -0.39 is 0 Å². The summed E-state index contributed by atoms with van der Waals surface area (Å²) in [4.78, 5) is 18.6. The third-order valence-corrected chi connectivity index (χ3v) is 1.43. The molecule has 0 atom stereocenters. The highest BCUT2D eigenvalue weighted by Crippen LogP contribution is 2.08. The molecule has 0 aromatic carbocycles. The minimum atomic E-state index is -0.347. The quantitative estimate of drug-likeness (QED) is 0.717. The third-order valence-electron chi connectivity index (χ3n) is 1.43. The molecule has 0 saturated heterocycles. The van der Waals surface area contributed by atoms with E-state index in [4.69, 9.17) is 5.26 Å². The molecule has 1 aromatic heterocycles. The van der Waals surface area contributed by atoms with Crippen molar-refractivity contribution in [3.63, 3.8) is 0 Å². The van der Waals surface area contributed by atoms with Crippen molar-refractivity contribution in [3.05, 3.63) is 18.2 Å². The highest BCUT2D eigenvalue weighted by atomic mass is 16.1. The summed E-state index contributed by atoms with van der Waals surface area (Å²) in [7, 11) is 0. The lowest BCUT2D eigenvalue weighted by molar-refractivity contribution is -0.115. The second kappa shape index (κ2) is 4.16. The van der Waals surface area contributed by atoms with E-state index >= 15 is 0 Å². The van der Waals surface area contributed by atoms with Gasteiger partial charge in [-0.25, -0.2) is 9.97 Å². The van der Waals surface area contributed by atoms with Gasteiger partial charge in [-0.2, -0.15) is 5.26 Å². The third kappa shape index (κ3) is 2.52. The van der Waals surface area contributed by atoms with Crippen LogP contribution in [-0.2, 0) is 4.79 Å². The van der Waals surface area contributed by atoms with E-state index in [1.54, 1.807) is 13.0 Å². The van der Waals surface area contributed by atoms with Gasteiger partial charge in [0.25, 0.3) is 0 Å². The van der Waals surface area contributed by atoms with Crippen molar-refractivity contribution in [2.75, 3.05) is 5.32 Å². The Morgan fingerprint density at radius 3 is 3.15 bits per heavy atom. The number of amides is 1. The fourth-order valence-corrected chi connectivity index (χ4v) is 0.780. The summed E-state index contributed by atoms with van der Waals surface area (Å²) < 4.78 is 0. The molecular weight excluding hydrogens is 168 g/mol. The zero-order valence-electron chi connectivity index (χ0n) is 7.11. The first kappa shape index (κ1) is 9.13. The van der Waals surface area contributed by atoms with Crippen LogP contribution in [-0.4, -0.2) is 15.9 Å². The van der Waals surface area contributed by atoms with Crippen molar-refractivity contribution in [1.82, 2.24) is 9.97 Å². The normalized spacial score (nSPS) is 8.92. The number of aryl methyl sites for hydroxylation is 1. The van der Waals surface area contributed by atoms with Crippen LogP contribution in [0.25, 0.3) is 0 Å². The van der Waals surface area contributed by atoms with Gasteiger partial charge in [-0.05, 0) is 6.92 Å². The van der Waals surface area contributed by atoms with Gasteiger partial charge < -0.3 is 5.32 Å². The molecule has 1 amide bonds. The molecule has 1 N–H and O–H groups in total. The number of rotatable bonds is 2. The van der Waals surface area contributed by atoms with Crippen molar-refractivity contribution in [1.29, 1.82) is 5.26 Å². The largest absolute Gasteiger partial charge is 0.322 e. The van der Waals surface area contributed by atoms with Gasteiger partial charge in [-0.15, -0.1) is 0 Å². The van der Waals surface area contributed by atoms with E-state index in [0.29, 0.717) is 11.4 Å². The van der Waals surface area contributed by atoms with Crippen LogP contribution in [0.3, 0.4) is 0 Å². The van der Waals surface area contributed by atoms with Crippen molar-refractivity contribution in [3.8, 4) is 6.07 Å². The maximum atomic E-state index is 11.0. The van der Waals surface area contributed by atoms with Gasteiger partial charge in [0, 0.05) is 0 Å². The Morgan fingerprint density at radius 2 is 2.54 bits per heavy atom. The molecule has 5 nitrogen and oxygen atoms in total. The Balaban J connectivity index is 2.70. The van der Waals surface area contributed by atoms with Gasteiger partial charge in [0.1, 0.15) is 12.7 Å². The van der Waals surface area contributed by atoms with Crippen molar-refractivity contribution in [2.24, 2.45) is 0 Å². The first-order chi connectivity index (χ1) is 6.24. The molecule has 0 aliphatic carbocycles. The summed E-state index contributed by atoms with van der Waals surface area (Å²) in [5, 5.41) is 10.8. The Labute approximate surface area is 75.4 Å². The number of nitrogens with one attached hydrogen (secondary N) is 1. The number of nitrogens with zero attached hydrogens (tertiary/aromatic N) is 3. The smallest absolute Gasteiger partial charge is 0.238 e. The molecule has 0 fully saturated rings. The first-order valence-electron chi connectivity index (χ1n) is 3.67. The molecule has 1 aromatic rings. The maximum Gasteiger partial charge on any atom is 0.238 e. The van der Waals surface area contributed by atoms with E-state index in [9.17, 15) is 4.79 Å². The number of hydrogen-bond donors (Lipinski definition) is 1. The lowest BCUT2D eigenvalue weighted by Gasteiger charge is -2.03. The highest BCUT2D eigenvalue weighted by Gasteiger charge is 2.03. The Bertz CT molecular complexity index is 355. The van der Waals surface area contributed by atoms with Crippen molar-refractivity contribution < 1.29 is 4.79 Å². The van der Waals surface area contributed by atoms with Crippen LogP contribution in [0.5, 0.6) is 0 Å². The fourth-order valence-electron chi connectivity index (χ4n) is 0.780. The molecule has 1 rings (SSSR count). The van der Waals surface area contributed by atoms with Gasteiger partial charge in [0.2, 0.25) is 5.91 Å². The number of carbonyl (C=O) groups excluding carboxylic acids is 1. The number of hydrogen-bond acceptors (Lipinski definition) is 4. The molecule has 0 radical (unpaired) electrons. The summed E-state index contributed by atoms with van der Waals surface area (Å²) in [5.74, 6) is -0.347. The van der Waals surface area contributed by atoms with Gasteiger partial charge >= 0.3 is 0 Å². The molecule has 0 unspecified atom stereocenters. The van der Waals surface area contributed by atoms with E-state index in [2.05, 4.69) is 15.3 Å². The summed E-state index contributed by atoms with van der Waals surface area (Å²) in [6.07, 6.45) is 2.74. The summed E-state index contributed by atoms with van der Waals surface area (Å²) in [6, 6.07) is 1.75. The Morgan fingerprint density at radius 1 is 1.77 bits per heavy atom. The molecular formula is C8H8N4O. The summed E-state index contributed by atoms with van der Waals surface area (Å²) in [5.41, 5.74) is 1.23. The number of nitriles is 1. The fraction of sp³-hybridized carbons (Fsp3) is 0.250. The van der Waals surface area contributed by atoms with Crippen LogP contribution >= 0.6 is 0 Å². The predicted molar refractivity (Wildman–Crippen MR) is 45.6 cm³/mol. The van der Waals surface area contributed by atoms with Crippen LogP contribution in [0.4, 0.5) is 5.69 Å². The molecule has 0 saturated carbocycles. The summed E-state index contributed by atoms with van der Waals surface area (Å²) in [6.45, 7) is 1.75. The van der Waals surface area contributed by atoms with Crippen LogP contribution in [0.2, 0.25) is 0 Å². The SMILES string of the molecule is Cc1ncncc1NC(=O)CC#N. The zero-order chi connectivity index (χ0) is 9.68. The molecule has 5 heteroatoms. The van der Waals surface area contributed by atoms with Gasteiger partial charge in [0.05, 0.1) is 23.6 Å². The predicted octanol–water partition coefficient (Wildman–Crippen LogP) is 0.637. The standard InChI is InChI=1S/C8H8N4O/c1-6-7(4-10-5-11-6)12-8(13)2-3-9/h4-5H,2H2,1H3,(H,12,13). The molecule has 0 bridgehead atoms. The second-order valence-corrected chi connectivity index (χ2v) is 2.40. The van der Waals surface area contributed by atoms with E-state index in [1.807, 2.05) is 0 Å². The minimum Gasteiger partial charge on any atom is -0.322 e. The molecule has 0 aliphatic rings. The lowest BCUT2D eigenvalue weighted by atomic mass is 10.3. The number of aromatic nitrogens is 2. The molecule has 0 aliphatic heterocycles. The number of anilines is 1. The van der Waals surface area contributed by atoms with Gasteiger partial charge in [0.15, 0.2) is 0 Å². The topological polar surface area (TPSA) is 78.7 Å². The van der Waals surface area contributed by atoms with E-state index in [0.717, 1.165) is 0 Å². The molecule has 1 heterocycles. The van der Waals surface area contributed by atoms with Gasteiger partial charge in [-0.1, -0.05) is 0 Å².